The zero-order chi connectivity index (χ0) is 14.9. The first-order valence-corrected chi connectivity index (χ1v) is 8.72. The van der Waals surface area contributed by atoms with E-state index in [1.54, 1.807) is 7.11 Å². The van der Waals surface area contributed by atoms with Crippen LogP contribution in [0.5, 0.6) is 11.5 Å². The fourth-order valence-electron chi connectivity index (χ4n) is 3.56. The van der Waals surface area contributed by atoms with E-state index in [1.807, 2.05) is 0 Å². The van der Waals surface area contributed by atoms with E-state index in [1.165, 1.54) is 37.7 Å². The lowest BCUT2D eigenvalue weighted by Gasteiger charge is -2.42. The SMILES string of the molecule is COc1c(Br)cc(C2(CN)CCC2)cc1OC1CCCC1. The average molecular weight is 354 g/mol. The van der Waals surface area contributed by atoms with Gasteiger partial charge in [-0.25, -0.2) is 0 Å². The van der Waals surface area contributed by atoms with Gasteiger partial charge in [-0.1, -0.05) is 6.42 Å². The molecule has 3 rings (SSSR count). The monoisotopic (exact) mass is 353 g/mol. The summed E-state index contributed by atoms with van der Waals surface area (Å²) in [6.07, 6.45) is 8.76. The lowest BCUT2D eigenvalue weighted by Crippen LogP contribution is -2.41. The molecule has 0 radical (unpaired) electrons. The molecule has 0 amide bonds. The van der Waals surface area contributed by atoms with Crippen molar-refractivity contribution in [2.45, 2.75) is 56.5 Å². The van der Waals surface area contributed by atoms with Gasteiger partial charge in [0.05, 0.1) is 17.7 Å². The largest absolute Gasteiger partial charge is 0.492 e. The normalized spacial score (nSPS) is 21.1. The standard InChI is InChI=1S/C17H24BrNO2/c1-20-16-14(18)9-12(17(11-19)7-4-8-17)10-15(16)21-13-5-2-3-6-13/h9-10,13H,2-8,11,19H2,1H3. The number of hydrogen-bond donors (Lipinski definition) is 1. The van der Waals surface area contributed by atoms with Crippen molar-refractivity contribution in [3.63, 3.8) is 0 Å². The predicted octanol–water partition coefficient (Wildman–Crippen LogP) is 4.16. The van der Waals surface area contributed by atoms with Crippen molar-refractivity contribution in [1.29, 1.82) is 0 Å². The van der Waals surface area contributed by atoms with Crippen molar-refractivity contribution in [2.75, 3.05) is 13.7 Å². The molecule has 21 heavy (non-hydrogen) atoms. The van der Waals surface area contributed by atoms with Gasteiger partial charge < -0.3 is 15.2 Å². The topological polar surface area (TPSA) is 44.5 Å². The molecular formula is C17H24BrNO2. The van der Waals surface area contributed by atoms with Crippen molar-refractivity contribution in [1.82, 2.24) is 0 Å². The molecule has 0 saturated heterocycles. The van der Waals surface area contributed by atoms with Gasteiger partial charge in [0.15, 0.2) is 11.5 Å². The van der Waals surface area contributed by atoms with Crippen LogP contribution in [0.3, 0.4) is 0 Å². The third-order valence-corrected chi connectivity index (χ3v) is 5.71. The van der Waals surface area contributed by atoms with E-state index < -0.39 is 0 Å². The molecule has 2 saturated carbocycles. The molecule has 2 fully saturated rings. The van der Waals surface area contributed by atoms with Crippen LogP contribution in [0.2, 0.25) is 0 Å². The van der Waals surface area contributed by atoms with Gasteiger partial charge in [-0.3, -0.25) is 0 Å². The van der Waals surface area contributed by atoms with Crippen LogP contribution in [0, 0.1) is 0 Å². The summed E-state index contributed by atoms with van der Waals surface area (Å²) in [5.74, 6) is 1.67. The van der Waals surface area contributed by atoms with Crippen molar-refractivity contribution < 1.29 is 9.47 Å². The van der Waals surface area contributed by atoms with Crippen LogP contribution in [0.25, 0.3) is 0 Å². The molecule has 3 nitrogen and oxygen atoms in total. The second-order valence-electron chi connectivity index (χ2n) is 6.35. The Hall–Kier alpha value is -0.740. The Morgan fingerprint density at radius 1 is 1.24 bits per heavy atom. The smallest absolute Gasteiger partial charge is 0.174 e. The number of halogens is 1. The minimum absolute atomic E-state index is 0.141. The first kappa shape index (κ1) is 15.2. The molecule has 0 aliphatic heterocycles. The maximum atomic E-state index is 6.23. The molecule has 0 atom stereocenters. The van der Waals surface area contributed by atoms with E-state index in [2.05, 4.69) is 28.1 Å². The Morgan fingerprint density at radius 3 is 2.48 bits per heavy atom. The van der Waals surface area contributed by atoms with Gasteiger partial charge in [0.2, 0.25) is 0 Å². The summed E-state index contributed by atoms with van der Waals surface area (Å²) in [5.41, 5.74) is 7.48. The van der Waals surface area contributed by atoms with Crippen LogP contribution in [0.15, 0.2) is 16.6 Å². The van der Waals surface area contributed by atoms with E-state index in [4.69, 9.17) is 15.2 Å². The Kier molecular flexibility index (Phi) is 4.46. The number of ether oxygens (including phenoxy) is 2. The maximum Gasteiger partial charge on any atom is 0.174 e. The summed E-state index contributed by atoms with van der Waals surface area (Å²) >= 11 is 3.64. The molecule has 2 aliphatic rings. The zero-order valence-corrected chi connectivity index (χ0v) is 14.2. The highest BCUT2D eigenvalue weighted by atomic mass is 79.9. The summed E-state index contributed by atoms with van der Waals surface area (Å²) in [6.45, 7) is 0.703. The molecule has 1 aromatic carbocycles. The molecule has 2 aliphatic carbocycles. The van der Waals surface area contributed by atoms with E-state index >= 15 is 0 Å². The molecule has 0 spiro atoms. The summed E-state index contributed by atoms with van der Waals surface area (Å²) in [6, 6.07) is 4.32. The number of nitrogens with two attached hydrogens (primary N) is 1. The van der Waals surface area contributed by atoms with Gasteiger partial charge in [-0.15, -0.1) is 0 Å². The molecular weight excluding hydrogens is 330 g/mol. The van der Waals surface area contributed by atoms with E-state index in [9.17, 15) is 0 Å². The second-order valence-corrected chi connectivity index (χ2v) is 7.21. The molecule has 1 aromatic rings. The number of methoxy groups -OCH3 is 1. The van der Waals surface area contributed by atoms with Crippen LogP contribution in [0.4, 0.5) is 0 Å². The molecule has 0 bridgehead atoms. The summed E-state index contributed by atoms with van der Waals surface area (Å²) in [7, 11) is 1.70. The van der Waals surface area contributed by atoms with Crippen LogP contribution in [-0.4, -0.2) is 19.8 Å². The fourth-order valence-corrected chi connectivity index (χ4v) is 4.16. The number of hydrogen-bond acceptors (Lipinski definition) is 3. The van der Waals surface area contributed by atoms with Gasteiger partial charge in [-0.05, 0) is 72.2 Å². The Morgan fingerprint density at radius 2 is 1.95 bits per heavy atom. The molecule has 0 heterocycles. The van der Waals surface area contributed by atoms with Crippen LogP contribution >= 0.6 is 15.9 Å². The Labute approximate surface area is 135 Å². The molecule has 0 unspecified atom stereocenters. The summed E-state index contributed by atoms with van der Waals surface area (Å²) in [4.78, 5) is 0. The maximum absolute atomic E-state index is 6.23. The van der Waals surface area contributed by atoms with Crippen molar-refractivity contribution >= 4 is 15.9 Å². The van der Waals surface area contributed by atoms with Crippen LogP contribution in [0.1, 0.15) is 50.5 Å². The van der Waals surface area contributed by atoms with Gasteiger partial charge in [0.25, 0.3) is 0 Å². The molecule has 116 valence electrons. The van der Waals surface area contributed by atoms with Crippen molar-refractivity contribution in [3.05, 3.63) is 22.2 Å². The molecule has 2 N–H and O–H groups in total. The van der Waals surface area contributed by atoms with Crippen molar-refractivity contribution in [2.24, 2.45) is 5.73 Å². The Balaban J connectivity index is 1.93. The fraction of sp³-hybridized carbons (Fsp3) is 0.647. The molecule has 4 heteroatoms. The highest BCUT2D eigenvalue weighted by Gasteiger charge is 2.38. The lowest BCUT2D eigenvalue weighted by atomic mass is 9.64. The van der Waals surface area contributed by atoms with Crippen LogP contribution in [-0.2, 0) is 5.41 Å². The Bertz CT molecular complexity index is 502. The van der Waals surface area contributed by atoms with E-state index in [-0.39, 0.29) is 5.41 Å². The highest BCUT2D eigenvalue weighted by molar-refractivity contribution is 9.10. The zero-order valence-electron chi connectivity index (χ0n) is 12.7. The number of rotatable bonds is 5. The third-order valence-electron chi connectivity index (χ3n) is 5.12. The first-order chi connectivity index (χ1) is 10.2. The van der Waals surface area contributed by atoms with Gasteiger partial charge in [0, 0.05) is 12.0 Å². The second kappa shape index (κ2) is 6.17. The number of benzene rings is 1. The first-order valence-electron chi connectivity index (χ1n) is 7.93. The quantitative estimate of drug-likeness (QED) is 0.864. The summed E-state index contributed by atoms with van der Waals surface area (Å²) in [5, 5.41) is 0. The van der Waals surface area contributed by atoms with Gasteiger partial charge in [0.1, 0.15) is 0 Å². The minimum atomic E-state index is 0.141. The van der Waals surface area contributed by atoms with E-state index in [0.717, 1.165) is 28.8 Å². The van der Waals surface area contributed by atoms with Gasteiger partial charge >= 0.3 is 0 Å². The van der Waals surface area contributed by atoms with Gasteiger partial charge in [-0.2, -0.15) is 0 Å². The summed E-state index contributed by atoms with van der Waals surface area (Å²) < 4.78 is 12.7. The van der Waals surface area contributed by atoms with Crippen molar-refractivity contribution in [3.8, 4) is 11.5 Å². The molecule has 0 aromatic heterocycles. The third kappa shape index (κ3) is 2.80. The minimum Gasteiger partial charge on any atom is -0.492 e. The highest BCUT2D eigenvalue weighted by Crippen LogP contribution is 2.47. The lowest BCUT2D eigenvalue weighted by molar-refractivity contribution is 0.198. The predicted molar refractivity (Wildman–Crippen MR) is 88.2 cm³/mol. The average Bonchev–Trinajstić information content (AvgIpc) is 2.91. The van der Waals surface area contributed by atoms with E-state index in [0.29, 0.717) is 12.6 Å². The van der Waals surface area contributed by atoms with Crippen LogP contribution < -0.4 is 15.2 Å².